The smallest absolute Gasteiger partial charge is 0.163 e. The maximum absolute atomic E-state index is 6.05. The SMILES string of the molecule is CCCCCCCCCCc1ccsc1-c1cc(CCCCCCCCCC)c(-c2ccc(-c3ccc(OCC4COC(C)(C)O4)cc3)s2)s1. The van der Waals surface area contributed by atoms with E-state index in [0.29, 0.717) is 13.2 Å². The number of hydrogen-bond acceptors (Lipinski definition) is 6. The van der Waals surface area contributed by atoms with E-state index in [1.54, 1.807) is 11.1 Å². The second kappa shape index (κ2) is 20.9. The summed E-state index contributed by atoms with van der Waals surface area (Å²) in [5.74, 6) is 0.346. The van der Waals surface area contributed by atoms with Gasteiger partial charge in [-0.3, -0.25) is 0 Å². The van der Waals surface area contributed by atoms with E-state index in [-0.39, 0.29) is 6.10 Å². The topological polar surface area (TPSA) is 27.7 Å². The molecule has 0 aliphatic carbocycles. The fraction of sp³-hybridized carbons (Fsp3) is 0.591. The summed E-state index contributed by atoms with van der Waals surface area (Å²) in [6, 6.07) is 18.1. The molecule has 1 unspecified atom stereocenters. The van der Waals surface area contributed by atoms with Gasteiger partial charge in [-0.25, -0.2) is 0 Å². The molecule has 0 bridgehead atoms. The largest absolute Gasteiger partial charge is 0.491 e. The standard InChI is InChI=1S/C44H62O3S3/c1-5-7-9-11-13-15-17-19-21-35-29-30-48-42(35)41-31-36(22-20-18-16-14-12-10-8-6-2)43(50-41)40-28-27-39(49-40)34-23-25-37(26-24-34)45-32-38-33-46-44(3,4)47-38/h23-31,38H,5-22,32-33H2,1-4H3. The first-order chi connectivity index (χ1) is 24.5. The van der Waals surface area contributed by atoms with Crippen LogP contribution in [0.25, 0.3) is 29.9 Å². The summed E-state index contributed by atoms with van der Waals surface area (Å²) in [5, 5.41) is 2.32. The van der Waals surface area contributed by atoms with Gasteiger partial charge in [0.1, 0.15) is 18.5 Å². The van der Waals surface area contributed by atoms with Crippen molar-refractivity contribution in [2.45, 2.75) is 155 Å². The van der Waals surface area contributed by atoms with Crippen LogP contribution in [0.4, 0.5) is 0 Å². The van der Waals surface area contributed by atoms with Gasteiger partial charge in [0.05, 0.1) is 6.61 Å². The molecule has 1 fully saturated rings. The van der Waals surface area contributed by atoms with Gasteiger partial charge in [-0.1, -0.05) is 104 Å². The Labute approximate surface area is 315 Å². The van der Waals surface area contributed by atoms with Crippen LogP contribution in [0.1, 0.15) is 142 Å². The molecule has 0 N–H and O–H groups in total. The van der Waals surface area contributed by atoms with Gasteiger partial charge in [0, 0.05) is 24.4 Å². The summed E-state index contributed by atoms with van der Waals surface area (Å²) >= 11 is 5.89. The third-order valence-electron chi connectivity index (χ3n) is 9.85. The Morgan fingerprint density at radius 3 is 1.86 bits per heavy atom. The molecule has 1 saturated heterocycles. The Bertz CT molecular complexity index is 1510. The molecule has 4 aromatic rings. The lowest BCUT2D eigenvalue weighted by atomic mass is 10.0. The number of aryl methyl sites for hydroxylation is 2. The van der Waals surface area contributed by atoms with Crippen LogP contribution in [0.5, 0.6) is 5.75 Å². The average Bonchev–Trinajstić information content (AvgIpc) is 3.93. The number of rotatable bonds is 24. The molecule has 3 aromatic heterocycles. The Morgan fingerprint density at radius 2 is 1.24 bits per heavy atom. The molecule has 1 aromatic carbocycles. The van der Waals surface area contributed by atoms with Crippen molar-refractivity contribution in [1.29, 1.82) is 0 Å². The van der Waals surface area contributed by atoms with Crippen LogP contribution < -0.4 is 4.74 Å². The monoisotopic (exact) mass is 734 g/mol. The second-order valence-electron chi connectivity index (χ2n) is 14.6. The van der Waals surface area contributed by atoms with E-state index in [2.05, 4.69) is 67.8 Å². The zero-order chi connectivity index (χ0) is 35.0. The highest BCUT2D eigenvalue weighted by atomic mass is 32.1. The summed E-state index contributed by atoms with van der Waals surface area (Å²) < 4.78 is 17.6. The van der Waals surface area contributed by atoms with E-state index in [1.807, 2.05) is 47.9 Å². The van der Waals surface area contributed by atoms with E-state index in [0.717, 1.165) is 5.75 Å². The number of hydrogen-bond donors (Lipinski definition) is 0. The summed E-state index contributed by atoms with van der Waals surface area (Å²) in [7, 11) is 0. The minimum Gasteiger partial charge on any atom is -0.491 e. The molecule has 0 spiro atoms. The number of unbranched alkanes of at least 4 members (excludes halogenated alkanes) is 14. The van der Waals surface area contributed by atoms with Crippen molar-refractivity contribution >= 4 is 34.0 Å². The molecule has 1 atom stereocenters. The fourth-order valence-electron chi connectivity index (χ4n) is 6.95. The first-order valence-electron chi connectivity index (χ1n) is 19.8. The van der Waals surface area contributed by atoms with Crippen LogP contribution in [0.2, 0.25) is 0 Å². The van der Waals surface area contributed by atoms with Crippen LogP contribution in [0.15, 0.2) is 53.9 Å². The molecule has 0 radical (unpaired) electrons. The van der Waals surface area contributed by atoms with E-state index in [9.17, 15) is 0 Å². The van der Waals surface area contributed by atoms with E-state index in [1.165, 1.54) is 146 Å². The highest BCUT2D eigenvalue weighted by Gasteiger charge is 2.33. The van der Waals surface area contributed by atoms with Crippen LogP contribution in [-0.4, -0.2) is 25.1 Å². The highest BCUT2D eigenvalue weighted by molar-refractivity contribution is 7.27. The van der Waals surface area contributed by atoms with Gasteiger partial charge in [-0.2, -0.15) is 0 Å². The minimum absolute atomic E-state index is 0.0319. The van der Waals surface area contributed by atoms with Crippen molar-refractivity contribution in [2.24, 2.45) is 0 Å². The van der Waals surface area contributed by atoms with E-state index in [4.69, 9.17) is 14.2 Å². The van der Waals surface area contributed by atoms with Crippen molar-refractivity contribution < 1.29 is 14.2 Å². The maximum atomic E-state index is 6.05. The molecule has 274 valence electrons. The predicted molar refractivity (Wildman–Crippen MR) is 219 cm³/mol. The van der Waals surface area contributed by atoms with E-state index >= 15 is 0 Å². The summed E-state index contributed by atoms with van der Waals surface area (Å²) in [4.78, 5) is 7.16. The zero-order valence-corrected chi connectivity index (χ0v) is 33.8. The molecule has 0 amide bonds. The molecule has 3 nitrogen and oxygen atoms in total. The van der Waals surface area contributed by atoms with Gasteiger partial charge < -0.3 is 14.2 Å². The van der Waals surface area contributed by atoms with Crippen molar-refractivity contribution in [2.75, 3.05) is 13.2 Å². The summed E-state index contributed by atoms with van der Waals surface area (Å²) in [5.41, 5.74) is 4.33. The summed E-state index contributed by atoms with van der Waals surface area (Å²) in [6.07, 6.45) is 24.2. The minimum atomic E-state index is -0.523. The van der Waals surface area contributed by atoms with Gasteiger partial charge >= 0.3 is 0 Å². The van der Waals surface area contributed by atoms with Crippen LogP contribution in [-0.2, 0) is 22.3 Å². The maximum Gasteiger partial charge on any atom is 0.163 e. The zero-order valence-electron chi connectivity index (χ0n) is 31.4. The quantitative estimate of drug-likeness (QED) is 0.0671. The molecule has 6 heteroatoms. The molecular weight excluding hydrogens is 673 g/mol. The van der Waals surface area contributed by atoms with Crippen LogP contribution in [0.3, 0.4) is 0 Å². The molecular formula is C44H62O3S3. The molecule has 4 heterocycles. The van der Waals surface area contributed by atoms with Gasteiger partial charge in [0.2, 0.25) is 0 Å². The Balaban J connectivity index is 1.23. The van der Waals surface area contributed by atoms with Gasteiger partial charge in [-0.05, 0) is 110 Å². The number of ether oxygens (including phenoxy) is 3. The van der Waals surface area contributed by atoms with Crippen LogP contribution >= 0.6 is 34.0 Å². The molecule has 5 rings (SSSR count). The van der Waals surface area contributed by atoms with Gasteiger partial charge in [0.25, 0.3) is 0 Å². The van der Waals surface area contributed by atoms with E-state index < -0.39 is 5.79 Å². The van der Waals surface area contributed by atoms with Crippen molar-refractivity contribution in [3.8, 4) is 35.7 Å². The van der Waals surface area contributed by atoms with Gasteiger partial charge in [-0.15, -0.1) is 34.0 Å². The van der Waals surface area contributed by atoms with Gasteiger partial charge in [0.15, 0.2) is 5.79 Å². The molecule has 0 saturated carbocycles. The lowest BCUT2D eigenvalue weighted by Gasteiger charge is -2.17. The Hall–Kier alpha value is -1.96. The average molecular weight is 735 g/mol. The molecule has 50 heavy (non-hydrogen) atoms. The fourth-order valence-corrected chi connectivity index (χ4v) is 10.4. The normalized spacial score (nSPS) is 15.6. The number of benzene rings is 1. The third-order valence-corrected chi connectivity index (χ3v) is 13.5. The second-order valence-corrected chi connectivity index (χ2v) is 17.7. The predicted octanol–water partition coefficient (Wildman–Crippen LogP) is 14.8. The molecule has 1 aliphatic rings. The number of thiophene rings is 3. The van der Waals surface area contributed by atoms with Crippen LogP contribution in [0, 0.1) is 0 Å². The molecule has 1 aliphatic heterocycles. The Morgan fingerprint density at radius 1 is 0.640 bits per heavy atom. The lowest BCUT2D eigenvalue weighted by Crippen LogP contribution is -2.25. The van der Waals surface area contributed by atoms with Crippen molar-refractivity contribution in [3.63, 3.8) is 0 Å². The Kier molecular flexibility index (Phi) is 16.4. The third kappa shape index (κ3) is 12.3. The lowest BCUT2D eigenvalue weighted by molar-refractivity contribution is -0.141. The van der Waals surface area contributed by atoms with Crippen molar-refractivity contribution in [1.82, 2.24) is 0 Å². The van der Waals surface area contributed by atoms with Crippen molar-refractivity contribution in [3.05, 3.63) is 65.0 Å². The first kappa shape index (κ1) is 39.3. The highest BCUT2D eigenvalue weighted by Crippen LogP contribution is 2.45. The summed E-state index contributed by atoms with van der Waals surface area (Å²) in [6.45, 7) is 9.57. The first-order valence-corrected chi connectivity index (χ1v) is 22.3.